The van der Waals surface area contributed by atoms with Gasteiger partial charge in [0.25, 0.3) is 0 Å². The van der Waals surface area contributed by atoms with E-state index in [0.29, 0.717) is 0 Å². The Kier molecular flexibility index (Phi) is 1.86. The van der Waals surface area contributed by atoms with E-state index in [0.717, 1.165) is 22.2 Å². The number of rotatable bonds is 2. The summed E-state index contributed by atoms with van der Waals surface area (Å²) in [5.41, 5.74) is 5.25. The van der Waals surface area contributed by atoms with Crippen LogP contribution in [0.4, 0.5) is 0 Å². The number of hydrogen-bond donors (Lipinski definition) is 1. The van der Waals surface area contributed by atoms with Crippen molar-refractivity contribution in [3.8, 4) is 0 Å². The van der Waals surface area contributed by atoms with E-state index in [4.69, 9.17) is 5.73 Å². The molecule has 0 spiro atoms. The van der Waals surface area contributed by atoms with E-state index < -0.39 is 5.54 Å². The second-order valence-electron chi connectivity index (χ2n) is 3.11. The molecule has 0 bridgehead atoms. The molecular formula is C8H8BrNOS. The molecule has 0 amide bonds. The standard InChI is InChI=1S/C8H8BrNOS/c9-5-3-6(12-4-5)7(11)8(10)1-2-8/h3-4H,1-2,10H2. The number of carbonyl (C=O) groups is 1. The van der Waals surface area contributed by atoms with Gasteiger partial charge in [0.05, 0.1) is 10.4 Å². The molecule has 1 aromatic rings. The van der Waals surface area contributed by atoms with Gasteiger partial charge in [-0.15, -0.1) is 11.3 Å². The lowest BCUT2D eigenvalue weighted by atomic mass is 10.1. The first-order valence-electron chi connectivity index (χ1n) is 3.69. The van der Waals surface area contributed by atoms with Gasteiger partial charge in [-0.3, -0.25) is 4.79 Å². The van der Waals surface area contributed by atoms with Crippen molar-refractivity contribution >= 4 is 33.0 Å². The monoisotopic (exact) mass is 245 g/mol. The number of Topliss-reactive ketones (excluding diaryl/α,β-unsaturated/α-hetero) is 1. The summed E-state index contributed by atoms with van der Waals surface area (Å²) in [4.78, 5) is 12.4. The highest BCUT2D eigenvalue weighted by molar-refractivity contribution is 9.10. The summed E-state index contributed by atoms with van der Waals surface area (Å²) in [7, 11) is 0. The van der Waals surface area contributed by atoms with Crippen LogP contribution in [0.5, 0.6) is 0 Å². The van der Waals surface area contributed by atoms with Crippen LogP contribution in [0.15, 0.2) is 15.9 Å². The fourth-order valence-electron chi connectivity index (χ4n) is 1.04. The number of nitrogens with two attached hydrogens (primary N) is 1. The highest BCUT2D eigenvalue weighted by atomic mass is 79.9. The summed E-state index contributed by atoms with van der Waals surface area (Å²) < 4.78 is 0.958. The fraction of sp³-hybridized carbons (Fsp3) is 0.375. The first-order chi connectivity index (χ1) is 5.62. The van der Waals surface area contributed by atoms with Crippen LogP contribution in [0.25, 0.3) is 0 Å². The highest BCUT2D eigenvalue weighted by Crippen LogP contribution is 2.37. The van der Waals surface area contributed by atoms with E-state index in [-0.39, 0.29) is 5.78 Å². The van der Waals surface area contributed by atoms with Gasteiger partial charge in [-0.05, 0) is 34.8 Å². The van der Waals surface area contributed by atoms with Gasteiger partial charge >= 0.3 is 0 Å². The molecule has 1 fully saturated rings. The molecule has 0 radical (unpaired) electrons. The Morgan fingerprint density at radius 2 is 2.33 bits per heavy atom. The molecule has 0 unspecified atom stereocenters. The Morgan fingerprint density at radius 1 is 1.67 bits per heavy atom. The molecule has 1 aromatic heterocycles. The van der Waals surface area contributed by atoms with Gasteiger partial charge in [-0.2, -0.15) is 0 Å². The molecule has 64 valence electrons. The molecule has 2 nitrogen and oxygen atoms in total. The lowest BCUT2D eigenvalue weighted by Gasteiger charge is -2.03. The van der Waals surface area contributed by atoms with Gasteiger partial charge in [0.1, 0.15) is 0 Å². The molecule has 0 saturated heterocycles. The van der Waals surface area contributed by atoms with Crippen LogP contribution in [-0.4, -0.2) is 11.3 Å². The van der Waals surface area contributed by atoms with E-state index in [1.54, 1.807) is 0 Å². The molecule has 0 aliphatic heterocycles. The van der Waals surface area contributed by atoms with Crippen molar-refractivity contribution < 1.29 is 4.79 Å². The maximum Gasteiger partial charge on any atom is 0.192 e. The molecule has 1 heterocycles. The van der Waals surface area contributed by atoms with Crippen LogP contribution in [0.3, 0.4) is 0 Å². The molecule has 0 atom stereocenters. The smallest absolute Gasteiger partial charge is 0.192 e. The SMILES string of the molecule is NC1(C(=O)c2cc(Br)cs2)CC1. The van der Waals surface area contributed by atoms with Crippen LogP contribution in [0.1, 0.15) is 22.5 Å². The summed E-state index contributed by atoms with van der Waals surface area (Å²) in [5, 5.41) is 1.90. The Labute approximate surface area is 82.9 Å². The maximum absolute atomic E-state index is 11.6. The van der Waals surface area contributed by atoms with E-state index in [2.05, 4.69) is 15.9 Å². The Hall–Kier alpha value is -0.190. The summed E-state index contributed by atoms with van der Waals surface area (Å²) in [6, 6.07) is 1.83. The summed E-state index contributed by atoms with van der Waals surface area (Å²) in [6.45, 7) is 0. The van der Waals surface area contributed by atoms with Gasteiger partial charge in [-0.1, -0.05) is 0 Å². The van der Waals surface area contributed by atoms with Crippen LogP contribution in [0.2, 0.25) is 0 Å². The van der Waals surface area contributed by atoms with Gasteiger partial charge < -0.3 is 5.73 Å². The molecule has 1 aliphatic carbocycles. The Balaban J connectivity index is 2.25. The van der Waals surface area contributed by atoms with Crippen molar-refractivity contribution in [1.29, 1.82) is 0 Å². The number of ketones is 1. The van der Waals surface area contributed by atoms with Crippen molar-refractivity contribution in [2.24, 2.45) is 5.73 Å². The average molecular weight is 246 g/mol. The third-order valence-corrected chi connectivity index (χ3v) is 3.72. The summed E-state index contributed by atoms with van der Waals surface area (Å²) in [5.74, 6) is 0.0956. The van der Waals surface area contributed by atoms with Crippen LogP contribution in [-0.2, 0) is 0 Å². The molecule has 0 aromatic carbocycles. The van der Waals surface area contributed by atoms with E-state index >= 15 is 0 Å². The molecule has 2 N–H and O–H groups in total. The van der Waals surface area contributed by atoms with Crippen molar-refractivity contribution in [2.75, 3.05) is 0 Å². The van der Waals surface area contributed by atoms with Gasteiger partial charge in [0.2, 0.25) is 0 Å². The second-order valence-corrected chi connectivity index (χ2v) is 4.94. The third-order valence-electron chi connectivity index (χ3n) is 2.03. The van der Waals surface area contributed by atoms with Crippen molar-refractivity contribution in [2.45, 2.75) is 18.4 Å². The molecule has 4 heteroatoms. The minimum absolute atomic E-state index is 0.0956. The first kappa shape index (κ1) is 8.41. The van der Waals surface area contributed by atoms with Crippen LogP contribution >= 0.6 is 27.3 Å². The summed E-state index contributed by atoms with van der Waals surface area (Å²) >= 11 is 4.75. The second kappa shape index (κ2) is 2.65. The van der Waals surface area contributed by atoms with Crippen molar-refractivity contribution in [3.63, 3.8) is 0 Å². The average Bonchev–Trinajstić information content (AvgIpc) is 2.62. The molecule has 2 rings (SSSR count). The Morgan fingerprint density at radius 3 is 2.75 bits per heavy atom. The zero-order chi connectivity index (χ0) is 8.77. The fourth-order valence-corrected chi connectivity index (χ4v) is 2.51. The van der Waals surface area contributed by atoms with Crippen LogP contribution in [0, 0.1) is 0 Å². The maximum atomic E-state index is 11.6. The van der Waals surface area contributed by atoms with E-state index in [1.807, 2.05) is 11.4 Å². The minimum Gasteiger partial charge on any atom is -0.319 e. The summed E-state index contributed by atoms with van der Waals surface area (Å²) in [6.07, 6.45) is 1.67. The number of carbonyl (C=O) groups excluding carboxylic acids is 1. The molecular weight excluding hydrogens is 238 g/mol. The predicted octanol–water partition coefficient (Wildman–Crippen LogP) is 2.18. The van der Waals surface area contributed by atoms with Crippen molar-refractivity contribution in [1.82, 2.24) is 0 Å². The van der Waals surface area contributed by atoms with E-state index in [9.17, 15) is 4.79 Å². The largest absolute Gasteiger partial charge is 0.319 e. The topological polar surface area (TPSA) is 43.1 Å². The number of halogens is 1. The highest BCUT2D eigenvalue weighted by Gasteiger charge is 2.46. The number of thiophene rings is 1. The molecule has 1 saturated carbocycles. The van der Waals surface area contributed by atoms with E-state index in [1.165, 1.54) is 11.3 Å². The van der Waals surface area contributed by atoms with Gasteiger partial charge in [0.15, 0.2) is 5.78 Å². The zero-order valence-corrected chi connectivity index (χ0v) is 8.74. The zero-order valence-electron chi connectivity index (χ0n) is 6.34. The third kappa shape index (κ3) is 1.34. The predicted molar refractivity (Wildman–Crippen MR) is 52.5 cm³/mol. The minimum atomic E-state index is -0.524. The first-order valence-corrected chi connectivity index (χ1v) is 5.37. The normalized spacial score (nSPS) is 19.2. The van der Waals surface area contributed by atoms with Crippen molar-refractivity contribution in [3.05, 3.63) is 20.8 Å². The van der Waals surface area contributed by atoms with Crippen LogP contribution < -0.4 is 5.73 Å². The quantitative estimate of drug-likeness (QED) is 0.813. The lowest BCUT2D eigenvalue weighted by molar-refractivity contribution is 0.0953. The van der Waals surface area contributed by atoms with Gasteiger partial charge in [0, 0.05) is 9.85 Å². The number of hydrogen-bond acceptors (Lipinski definition) is 3. The molecule has 12 heavy (non-hydrogen) atoms. The Bertz CT molecular complexity index is 330. The molecule has 1 aliphatic rings. The van der Waals surface area contributed by atoms with Gasteiger partial charge in [-0.25, -0.2) is 0 Å². The lowest BCUT2D eigenvalue weighted by Crippen LogP contribution is -2.32.